The number of halogens is 1. The van der Waals surface area contributed by atoms with E-state index in [4.69, 9.17) is 4.74 Å². The highest BCUT2D eigenvalue weighted by atomic mass is 32.2. The molecule has 1 unspecified atom stereocenters. The summed E-state index contributed by atoms with van der Waals surface area (Å²) in [5, 5.41) is 0.505. The van der Waals surface area contributed by atoms with E-state index >= 15 is 0 Å². The number of fused-ring (bicyclic) bond motifs is 1. The van der Waals surface area contributed by atoms with E-state index in [1.54, 1.807) is 28.8 Å². The van der Waals surface area contributed by atoms with Crippen LogP contribution in [0.25, 0.3) is 10.2 Å². The summed E-state index contributed by atoms with van der Waals surface area (Å²) in [6.45, 7) is 1.13. The Labute approximate surface area is 165 Å². The summed E-state index contributed by atoms with van der Waals surface area (Å²) in [4.78, 5) is 20.4. The lowest BCUT2D eigenvalue weighted by molar-refractivity contribution is 0.0917. The van der Waals surface area contributed by atoms with Gasteiger partial charge in [0.25, 0.3) is 5.91 Å². The Morgan fingerprint density at radius 2 is 2.22 bits per heavy atom. The first-order valence-electron chi connectivity index (χ1n) is 8.78. The molecule has 1 fully saturated rings. The van der Waals surface area contributed by atoms with E-state index < -0.39 is 0 Å². The minimum atomic E-state index is -0.371. The van der Waals surface area contributed by atoms with Crippen molar-refractivity contribution in [3.05, 3.63) is 53.8 Å². The fraction of sp³-hybridized carbons (Fsp3) is 0.300. The fourth-order valence-corrected chi connectivity index (χ4v) is 4.62. The van der Waals surface area contributed by atoms with Crippen LogP contribution in [0.5, 0.6) is 0 Å². The summed E-state index contributed by atoms with van der Waals surface area (Å²) in [7, 11) is 0. The van der Waals surface area contributed by atoms with Gasteiger partial charge in [0.05, 0.1) is 17.3 Å². The Bertz CT molecular complexity index is 970. The Morgan fingerprint density at radius 3 is 2.96 bits per heavy atom. The quantitative estimate of drug-likeness (QED) is 0.564. The van der Waals surface area contributed by atoms with Crippen molar-refractivity contribution in [3.63, 3.8) is 0 Å². The third-order valence-electron chi connectivity index (χ3n) is 4.56. The van der Waals surface area contributed by atoms with Crippen LogP contribution in [0.15, 0.2) is 47.4 Å². The number of amides is 1. The predicted molar refractivity (Wildman–Crippen MR) is 108 cm³/mol. The summed E-state index contributed by atoms with van der Waals surface area (Å²) in [6, 6.07) is 12.4. The predicted octanol–water partition coefficient (Wildman–Crippen LogP) is 4.98. The zero-order chi connectivity index (χ0) is 18.8. The number of benzene rings is 2. The van der Waals surface area contributed by atoms with Gasteiger partial charge in [-0.05, 0) is 49.4 Å². The van der Waals surface area contributed by atoms with Crippen molar-refractivity contribution >= 4 is 44.4 Å². The second-order valence-electron chi connectivity index (χ2n) is 6.37. The fourth-order valence-electron chi connectivity index (χ4n) is 3.17. The molecule has 1 aromatic heterocycles. The molecule has 0 radical (unpaired) electrons. The second kappa shape index (κ2) is 7.96. The van der Waals surface area contributed by atoms with Crippen LogP contribution in [0.4, 0.5) is 9.52 Å². The van der Waals surface area contributed by atoms with Gasteiger partial charge in [-0.3, -0.25) is 9.69 Å². The number of hydrogen-bond donors (Lipinski definition) is 0. The van der Waals surface area contributed by atoms with Crippen molar-refractivity contribution < 1.29 is 13.9 Å². The molecule has 1 aliphatic heterocycles. The molecule has 0 spiro atoms. The van der Waals surface area contributed by atoms with Gasteiger partial charge in [-0.2, -0.15) is 0 Å². The summed E-state index contributed by atoms with van der Waals surface area (Å²) in [6.07, 6.45) is 3.86. The van der Waals surface area contributed by atoms with E-state index in [2.05, 4.69) is 4.98 Å². The molecule has 0 bridgehead atoms. The van der Waals surface area contributed by atoms with Crippen LogP contribution < -0.4 is 4.90 Å². The molecule has 3 aromatic rings. The van der Waals surface area contributed by atoms with Gasteiger partial charge >= 0.3 is 0 Å². The molecular formula is C20H19FN2O2S2. The molecule has 2 heterocycles. The Morgan fingerprint density at radius 1 is 1.37 bits per heavy atom. The third-order valence-corrected chi connectivity index (χ3v) is 6.33. The van der Waals surface area contributed by atoms with Gasteiger partial charge in [-0.25, -0.2) is 9.37 Å². The highest BCUT2D eigenvalue weighted by molar-refractivity contribution is 7.98. The minimum Gasteiger partial charge on any atom is -0.376 e. The lowest BCUT2D eigenvalue weighted by atomic mass is 10.2. The van der Waals surface area contributed by atoms with Crippen LogP contribution >= 0.6 is 23.1 Å². The third kappa shape index (κ3) is 3.85. The first kappa shape index (κ1) is 18.4. The summed E-state index contributed by atoms with van der Waals surface area (Å²) in [5.41, 5.74) is 0.903. The van der Waals surface area contributed by atoms with Gasteiger partial charge < -0.3 is 4.74 Å². The largest absolute Gasteiger partial charge is 0.376 e. The molecular weight excluding hydrogens is 383 g/mol. The number of hydrogen-bond acceptors (Lipinski definition) is 5. The van der Waals surface area contributed by atoms with Crippen molar-refractivity contribution in [1.82, 2.24) is 4.98 Å². The zero-order valence-electron chi connectivity index (χ0n) is 14.9. The number of thiazole rings is 1. The van der Waals surface area contributed by atoms with Crippen LogP contribution in [-0.2, 0) is 4.74 Å². The number of para-hydroxylation sites is 1. The standard InChI is InChI=1S/C20H19FN2O2S2/c1-26-15-7-2-5-13(11-15)19(24)23(12-14-6-4-10-25-14)20-22-18-16(21)8-3-9-17(18)27-20/h2-3,5,7-9,11,14H,4,6,10,12H2,1H3. The van der Waals surface area contributed by atoms with E-state index in [1.807, 2.05) is 30.5 Å². The van der Waals surface area contributed by atoms with E-state index in [-0.39, 0.29) is 17.8 Å². The minimum absolute atomic E-state index is 0.0189. The molecule has 1 aliphatic rings. The normalized spacial score (nSPS) is 16.7. The molecule has 1 saturated heterocycles. The Kier molecular flexibility index (Phi) is 5.43. The number of carbonyl (C=O) groups is 1. The van der Waals surface area contributed by atoms with E-state index in [9.17, 15) is 9.18 Å². The molecule has 4 rings (SSSR count). The lowest BCUT2D eigenvalue weighted by Crippen LogP contribution is -2.37. The van der Waals surface area contributed by atoms with Gasteiger partial charge in [-0.15, -0.1) is 11.8 Å². The van der Waals surface area contributed by atoms with Crippen LogP contribution in [0, 0.1) is 5.82 Å². The first-order chi connectivity index (χ1) is 13.2. The average molecular weight is 403 g/mol. The summed E-state index contributed by atoms with van der Waals surface area (Å²) >= 11 is 2.92. The van der Waals surface area contributed by atoms with Crippen molar-refractivity contribution in [2.45, 2.75) is 23.8 Å². The number of ether oxygens (including phenoxy) is 1. The lowest BCUT2D eigenvalue weighted by Gasteiger charge is -2.23. The van der Waals surface area contributed by atoms with Crippen LogP contribution in [0.1, 0.15) is 23.2 Å². The van der Waals surface area contributed by atoms with Crippen LogP contribution in [-0.4, -0.2) is 36.4 Å². The maximum absolute atomic E-state index is 14.1. The van der Waals surface area contributed by atoms with E-state index in [0.29, 0.717) is 29.4 Å². The number of aromatic nitrogens is 1. The molecule has 0 aliphatic carbocycles. The van der Waals surface area contributed by atoms with Crippen molar-refractivity contribution in [3.8, 4) is 0 Å². The summed E-state index contributed by atoms with van der Waals surface area (Å²) < 4.78 is 20.6. The highest BCUT2D eigenvalue weighted by Gasteiger charge is 2.27. The number of anilines is 1. The monoisotopic (exact) mass is 402 g/mol. The van der Waals surface area contributed by atoms with Crippen LogP contribution in [0.2, 0.25) is 0 Å². The van der Waals surface area contributed by atoms with Gasteiger partial charge in [0, 0.05) is 17.1 Å². The van der Waals surface area contributed by atoms with Crippen LogP contribution in [0.3, 0.4) is 0 Å². The molecule has 1 atom stereocenters. The maximum Gasteiger partial charge on any atom is 0.260 e. The molecule has 0 saturated carbocycles. The highest BCUT2D eigenvalue weighted by Crippen LogP contribution is 2.32. The molecule has 1 amide bonds. The Balaban J connectivity index is 1.72. The van der Waals surface area contributed by atoms with Crippen molar-refractivity contribution in [2.75, 3.05) is 24.3 Å². The number of nitrogens with zero attached hydrogens (tertiary/aromatic N) is 2. The van der Waals surface area contributed by atoms with Gasteiger partial charge in [-0.1, -0.05) is 23.5 Å². The van der Waals surface area contributed by atoms with E-state index in [0.717, 1.165) is 22.4 Å². The molecule has 27 heavy (non-hydrogen) atoms. The average Bonchev–Trinajstić information content (AvgIpc) is 3.36. The molecule has 0 N–H and O–H groups in total. The van der Waals surface area contributed by atoms with Crippen molar-refractivity contribution in [2.24, 2.45) is 0 Å². The van der Waals surface area contributed by atoms with E-state index in [1.165, 1.54) is 17.4 Å². The first-order valence-corrected chi connectivity index (χ1v) is 10.8. The number of thioether (sulfide) groups is 1. The smallest absolute Gasteiger partial charge is 0.260 e. The second-order valence-corrected chi connectivity index (χ2v) is 8.25. The number of carbonyl (C=O) groups excluding carboxylic acids is 1. The SMILES string of the molecule is CSc1cccc(C(=O)N(CC2CCCO2)c2nc3c(F)cccc3s2)c1. The molecule has 2 aromatic carbocycles. The number of rotatable bonds is 5. The molecule has 4 nitrogen and oxygen atoms in total. The van der Waals surface area contributed by atoms with Gasteiger partial charge in [0.1, 0.15) is 11.3 Å². The van der Waals surface area contributed by atoms with Crippen molar-refractivity contribution in [1.29, 1.82) is 0 Å². The molecule has 7 heteroatoms. The van der Waals surface area contributed by atoms with Gasteiger partial charge in [0.2, 0.25) is 0 Å². The summed E-state index contributed by atoms with van der Waals surface area (Å²) in [5.74, 6) is -0.509. The Hall–Kier alpha value is -1.96. The van der Waals surface area contributed by atoms with Gasteiger partial charge in [0.15, 0.2) is 5.13 Å². The topological polar surface area (TPSA) is 42.4 Å². The maximum atomic E-state index is 14.1. The molecule has 140 valence electrons. The zero-order valence-corrected chi connectivity index (χ0v) is 16.5.